The van der Waals surface area contributed by atoms with E-state index in [1.54, 1.807) is 11.7 Å². The zero-order valence-corrected chi connectivity index (χ0v) is 9.25. The van der Waals surface area contributed by atoms with Crippen LogP contribution < -0.4 is 5.73 Å². The van der Waals surface area contributed by atoms with E-state index in [9.17, 15) is 0 Å². The summed E-state index contributed by atoms with van der Waals surface area (Å²) in [5.41, 5.74) is 8.29. The smallest absolute Gasteiger partial charge is 0.155 e. The molecule has 1 aromatic heterocycles. The summed E-state index contributed by atoms with van der Waals surface area (Å²) in [6.07, 6.45) is 0. The lowest BCUT2D eigenvalue weighted by Crippen LogP contribution is -2.01. The van der Waals surface area contributed by atoms with Gasteiger partial charge in [-0.3, -0.25) is 0 Å². The minimum absolute atomic E-state index is 0.509. The number of rotatable bonds is 2. The van der Waals surface area contributed by atoms with Crippen LogP contribution in [0.25, 0.3) is 5.69 Å². The predicted octanol–water partition coefficient (Wildman–Crippen LogP) is 2.48. The molecule has 1 aromatic carbocycles. The largest absolute Gasteiger partial charge is 0.382 e. The van der Waals surface area contributed by atoms with Crippen LogP contribution in [-0.2, 0) is 0 Å². The van der Waals surface area contributed by atoms with Crippen LogP contribution in [0.1, 0.15) is 5.69 Å². The van der Waals surface area contributed by atoms with E-state index in [1.807, 2.05) is 37.3 Å². The van der Waals surface area contributed by atoms with Gasteiger partial charge >= 0.3 is 0 Å². The molecule has 2 rings (SSSR count). The van der Waals surface area contributed by atoms with E-state index in [0.29, 0.717) is 11.5 Å². The molecule has 0 radical (unpaired) electrons. The Kier molecular flexibility index (Phi) is 2.68. The van der Waals surface area contributed by atoms with Crippen LogP contribution >= 0.6 is 0 Å². The van der Waals surface area contributed by atoms with Gasteiger partial charge < -0.3 is 5.73 Å². The van der Waals surface area contributed by atoms with Crippen LogP contribution in [0, 0.1) is 6.92 Å². The number of para-hydroxylation sites is 1. The number of nitrogens with zero attached hydrogens (tertiary/aromatic N) is 4. The monoisotopic (exact) mass is 215 g/mol. The first-order chi connectivity index (χ1) is 7.74. The molecule has 16 heavy (non-hydrogen) atoms. The van der Waals surface area contributed by atoms with Gasteiger partial charge in [-0.1, -0.05) is 18.2 Å². The molecular formula is C11H13N5. The molecule has 0 aliphatic rings. The molecule has 0 bridgehead atoms. The highest BCUT2D eigenvalue weighted by Gasteiger charge is 2.12. The predicted molar refractivity (Wildman–Crippen MR) is 63.2 cm³/mol. The summed E-state index contributed by atoms with van der Waals surface area (Å²) in [6, 6.07) is 9.70. The second kappa shape index (κ2) is 4.14. The number of benzene rings is 1. The van der Waals surface area contributed by atoms with Crippen LogP contribution in [0.3, 0.4) is 0 Å². The number of anilines is 1. The van der Waals surface area contributed by atoms with E-state index in [4.69, 9.17) is 5.73 Å². The maximum atomic E-state index is 5.97. The summed E-state index contributed by atoms with van der Waals surface area (Å²) in [5, 5.41) is 12.0. The van der Waals surface area contributed by atoms with Crippen LogP contribution in [0.15, 0.2) is 40.6 Å². The number of hydrogen-bond acceptors (Lipinski definition) is 4. The normalized spacial score (nSPS) is 11.1. The zero-order valence-electron chi connectivity index (χ0n) is 9.25. The molecule has 1 heterocycles. The molecule has 0 aliphatic carbocycles. The third kappa shape index (κ3) is 1.67. The minimum atomic E-state index is 0.509. The summed E-state index contributed by atoms with van der Waals surface area (Å²) in [7, 11) is 1.61. The Hall–Kier alpha value is -2.17. The molecule has 5 heteroatoms. The van der Waals surface area contributed by atoms with E-state index in [1.165, 1.54) is 0 Å². The van der Waals surface area contributed by atoms with Crippen molar-refractivity contribution >= 4 is 11.5 Å². The Morgan fingerprint density at radius 3 is 2.56 bits per heavy atom. The first kappa shape index (κ1) is 10.4. The average Bonchev–Trinajstić information content (AvgIpc) is 2.59. The van der Waals surface area contributed by atoms with Crippen LogP contribution in [0.4, 0.5) is 11.5 Å². The molecule has 5 nitrogen and oxygen atoms in total. The first-order valence-electron chi connectivity index (χ1n) is 4.94. The van der Waals surface area contributed by atoms with Gasteiger partial charge in [-0.05, 0) is 19.1 Å². The summed E-state index contributed by atoms with van der Waals surface area (Å²) in [6.45, 7) is 1.86. The van der Waals surface area contributed by atoms with Crippen molar-refractivity contribution in [1.82, 2.24) is 9.78 Å². The molecule has 0 saturated carbocycles. The second-order valence-corrected chi connectivity index (χ2v) is 3.37. The van der Waals surface area contributed by atoms with Gasteiger partial charge in [0, 0.05) is 7.05 Å². The van der Waals surface area contributed by atoms with Crippen molar-refractivity contribution in [2.45, 2.75) is 6.92 Å². The standard InChI is InChI=1S/C11H13N5/c1-8-10(14-13-2)11(12)16(15-8)9-6-4-3-5-7-9/h3-7H,12H2,1-2H3. The molecule has 0 unspecified atom stereocenters. The van der Waals surface area contributed by atoms with E-state index in [-0.39, 0.29) is 0 Å². The lowest BCUT2D eigenvalue weighted by Gasteiger charge is -2.02. The van der Waals surface area contributed by atoms with E-state index >= 15 is 0 Å². The van der Waals surface area contributed by atoms with Crippen molar-refractivity contribution in [1.29, 1.82) is 0 Å². The quantitative estimate of drug-likeness (QED) is 0.782. The van der Waals surface area contributed by atoms with Gasteiger partial charge in [0.15, 0.2) is 11.5 Å². The van der Waals surface area contributed by atoms with E-state index in [2.05, 4.69) is 15.3 Å². The summed E-state index contributed by atoms with van der Waals surface area (Å²) >= 11 is 0. The van der Waals surface area contributed by atoms with Gasteiger partial charge in [-0.15, -0.1) is 0 Å². The van der Waals surface area contributed by atoms with Gasteiger partial charge in [0.25, 0.3) is 0 Å². The highest BCUT2D eigenvalue weighted by Crippen LogP contribution is 2.28. The zero-order chi connectivity index (χ0) is 11.5. The topological polar surface area (TPSA) is 68.6 Å². The number of aryl methyl sites for hydroxylation is 1. The molecule has 0 atom stereocenters. The number of nitrogen functional groups attached to an aromatic ring is 1. The van der Waals surface area contributed by atoms with Crippen molar-refractivity contribution in [2.24, 2.45) is 10.2 Å². The molecule has 0 saturated heterocycles. The molecule has 82 valence electrons. The van der Waals surface area contributed by atoms with Gasteiger partial charge in [0.05, 0.1) is 11.4 Å². The number of hydrogen-bond donors (Lipinski definition) is 1. The average molecular weight is 215 g/mol. The molecule has 0 aliphatic heterocycles. The molecular weight excluding hydrogens is 202 g/mol. The molecule has 0 amide bonds. The Labute approximate surface area is 93.6 Å². The summed E-state index contributed by atoms with van der Waals surface area (Å²) < 4.78 is 1.67. The van der Waals surface area contributed by atoms with Crippen LogP contribution in [0.2, 0.25) is 0 Å². The lowest BCUT2D eigenvalue weighted by molar-refractivity contribution is 0.872. The fraction of sp³-hybridized carbons (Fsp3) is 0.182. The highest BCUT2D eigenvalue weighted by molar-refractivity contribution is 5.63. The molecule has 2 N–H and O–H groups in total. The third-order valence-electron chi connectivity index (χ3n) is 2.26. The van der Waals surface area contributed by atoms with Crippen molar-refractivity contribution < 1.29 is 0 Å². The van der Waals surface area contributed by atoms with Gasteiger partial charge in [-0.2, -0.15) is 15.3 Å². The summed E-state index contributed by atoms with van der Waals surface area (Å²) in [5.74, 6) is 0.509. The number of nitrogens with two attached hydrogens (primary N) is 1. The van der Waals surface area contributed by atoms with E-state index in [0.717, 1.165) is 11.4 Å². The SMILES string of the molecule is CN=Nc1c(C)nn(-c2ccccc2)c1N. The maximum absolute atomic E-state index is 5.97. The Bertz CT molecular complexity index is 513. The Balaban J connectivity index is 2.56. The second-order valence-electron chi connectivity index (χ2n) is 3.37. The lowest BCUT2D eigenvalue weighted by atomic mass is 10.3. The van der Waals surface area contributed by atoms with Crippen molar-refractivity contribution in [3.05, 3.63) is 36.0 Å². The van der Waals surface area contributed by atoms with E-state index < -0.39 is 0 Å². The van der Waals surface area contributed by atoms with Gasteiger partial charge in [0.2, 0.25) is 0 Å². The fourth-order valence-electron chi connectivity index (χ4n) is 1.53. The Morgan fingerprint density at radius 1 is 1.25 bits per heavy atom. The molecule has 0 fully saturated rings. The third-order valence-corrected chi connectivity index (χ3v) is 2.26. The highest BCUT2D eigenvalue weighted by atomic mass is 15.3. The van der Waals surface area contributed by atoms with Crippen molar-refractivity contribution in [3.63, 3.8) is 0 Å². The van der Waals surface area contributed by atoms with Crippen LogP contribution in [0.5, 0.6) is 0 Å². The van der Waals surface area contributed by atoms with Crippen molar-refractivity contribution in [3.8, 4) is 5.69 Å². The molecule has 0 spiro atoms. The minimum Gasteiger partial charge on any atom is -0.382 e. The number of aromatic nitrogens is 2. The first-order valence-corrected chi connectivity index (χ1v) is 4.94. The Morgan fingerprint density at radius 2 is 1.94 bits per heavy atom. The number of azo groups is 1. The van der Waals surface area contributed by atoms with Crippen LogP contribution in [-0.4, -0.2) is 16.8 Å². The van der Waals surface area contributed by atoms with Gasteiger partial charge in [0.1, 0.15) is 0 Å². The van der Waals surface area contributed by atoms with Gasteiger partial charge in [-0.25, -0.2) is 4.68 Å². The summed E-state index contributed by atoms with van der Waals surface area (Å²) in [4.78, 5) is 0. The fourth-order valence-corrected chi connectivity index (χ4v) is 1.53. The maximum Gasteiger partial charge on any atom is 0.155 e. The molecule has 2 aromatic rings. The van der Waals surface area contributed by atoms with Crippen molar-refractivity contribution in [2.75, 3.05) is 12.8 Å².